The summed E-state index contributed by atoms with van der Waals surface area (Å²) >= 11 is 0. The fourth-order valence-corrected chi connectivity index (χ4v) is 5.87. The molecule has 1 aliphatic heterocycles. The first-order valence-corrected chi connectivity index (χ1v) is 16.4. The first kappa shape index (κ1) is 35.4. The van der Waals surface area contributed by atoms with Crippen molar-refractivity contribution in [3.8, 4) is 11.1 Å². The van der Waals surface area contributed by atoms with E-state index in [4.69, 9.17) is 9.47 Å². The van der Waals surface area contributed by atoms with Crippen LogP contribution in [0, 0.1) is 0 Å². The number of alkyl carbamates (subject to hydrolysis) is 1. The highest BCUT2D eigenvalue weighted by atomic mass is 16.5. The monoisotopic (exact) mass is 679 g/mol. The molecule has 1 saturated heterocycles. The van der Waals surface area contributed by atoms with Gasteiger partial charge in [-0.3, -0.25) is 9.69 Å². The molecule has 1 fully saturated rings. The molecule has 5 rings (SSSR count). The summed E-state index contributed by atoms with van der Waals surface area (Å²) in [5.74, 6) is -0.414. The number of hydrogen-bond acceptors (Lipinski definition) is 6. The Kier molecular flexibility index (Phi) is 12.4. The van der Waals surface area contributed by atoms with Gasteiger partial charge in [0.15, 0.2) is 0 Å². The number of hydrogen-bond donors (Lipinski definition) is 5. The summed E-state index contributed by atoms with van der Waals surface area (Å²) in [6.07, 6.45) is -1.02. The molecule has 12 nitrogen and oxygen atoms in total. The number of carbonyl (C=O) groups is 4. The Bertz CT molecular complexity index is 1750. The molecule has 4 aromatic rings. The zero-order valence-corrected chi connectivity index (χ0v) is 27.7. The highest BCUT2D eigenvalue weighted by molar-refractivity contribution is 5.97. The van der Waals surface area contributed by atoms with Crippen molar-refractivity contribution in [2.75, 3.05) is 37.4 Å². The van der Waals surface area contributed by atoms with E-state index in [0.717, 1.165) is 22.3 Å². The van der Waals surface area contributed by atoms with E-state index < -0.39 is 42.3 Å². The Hall–Kier alpha value is -5.88. The lowest BCUT2D eigenvalue weighted by atomic mass is 9.94. The van der Waals surface area contributed by atoms with Gasteiger partial charge in [-0.25, -0.2) is 14.4 Å². The van der Waals surface area contributed by atoms with Crippen LogP contribution in [-0.4, -0.2) is 79.1 Å². The number of methoxy groups -OCH3 is 1. The van der Waals surface area contributed by atoms with Crippen molar-refractivity contribution in [3.63, 3.8) is 0 Å². The minimum Gasteiger partial charge on any atom is -0.465 e. The molecule has 0 aromatic heterocycles. The van der Waals surface area contributed by atoms with Crippen LogP contribution in [0.5, 0.6) is 0 Å². The fourth-order valence-electron chi connectivity index (χ4n) is 5.87. The Morgan fingerprint density at radius 2 is 1.52 bits per heavy atom. The van der Waals surface area contributed by atoms with E-state index in [1.54, 1.807) is 36.4 Å². The number of anilines is 2. The molecule has 0 saturated carbocycles. The lowest BCUT2D eigenvalue weighted by molar-refractivity contribution is -0.118. The third-order valence-corrected chi connectivity index (χ3v) is 8.47. The molecule has 1 heterocycles. The Balaban J connectivity index is 1.20. The average molecular weight is 680 g/mol. The van der Waals surface area contributed by atoms with Gasteiger partial charge >= 0.3 is 18.2 Å². The molecule has 0 bridgehead atoms. The van der Waals surface area contributed by atoms with Crippen LogP contribution >= 0.6 is 0 Å². The molecule has 12 heteroatoms. The predicted molar refractivity (Wildman–Crippen MR) is 190 cm³/mol. The Morgan fingerprint density at radius 3 is 2.24 bits per heavy atom. The largest absolute Gasteiger partial charge is 0.465 e. The summed E-state index contributed by atoms with van der Waals surface area (Å²) in [7, 11) is 1.25. The SMILES string of the molecule is COC(=O)N[C@@H](Cc1ccccc1-c1ccccc1)C(=O)Nc1ccccc1CC[C@@H]1CN(C(=O)O)[C@H](CNC(=O)Nc2ccccc2)CO1. The smallest absolute Gasteiger partial charge is 0.407 e. The zero-order chi connectivity index (χ0) is 35.3. The van der Waals surface area contributed by atoms with E-state index >= 15 is 0 Å². The quantitative estimate of drug-likeness (QED) is 0.127. The number of amides is 5. The molecule has 260 valence electrons. The van der Waals surface area contributed by atoms with Crippen LogP contribution in [0.3, 0.4) is 0 Å². The molecule has 5 amide bonds. The molecule has 3 atom stereocenters. The highest BCUT2D eigenvalue weighted by Crippen LogP contribution is 2.26. The molecular weight excluding hydrogens is 638 g/mol. The highest BCUT2D eigenvalue weighted by Gasteiger charge is 2.32. The number of benzene rings is 4. The van der Waals surface area contributed by atoms with E-state index in [1.165, 1.54) is 12.0 Å². The van der Waals surface area contributed by atoms with Gasteiger partial charge in [-0.15, -0.1) is 0 Å². The number of aryl methyl sites for hydroxylation is 1. The van der Waals surface area contributed by atoms with Crippen molar-refractivity contribution in [2.24, 2.45) is 0 Å². The molecule has 0 aliphatic carbocycles. The van der Waals surface area contributed by atoms with Gasteiger partial charge in [-0.05, 0) is 53.3 Å². The molecule has 0 spiro atoms. The predicted octanol–water partition coefficient (Wildman–Crippen LogP) is 5.76. The molecular formula is C38H41N5O7. The van der Waals surface area contributed by atoms with Crippen molar-refractivity contribution >= 4 is 35.5 Å². The summed E-state index contributed by atoms with van der Waals surface area (Å²) < 4.78 is 10.9. The number of morpholine rings is 1. The van der Waals surface area contributed by atoms with E-state index in [2.05, 4.69) is 21.3 Å². The summed E-state index contributed by atoms with van der Waals surface area (Å²) in [4.78, 5) is 51.8. The van der Waals surface area contributed by atoms with Crippen LogP contribution in [-0.2, 0) is 27.1 Å². The summed E-state index contributed by atoms with van der Waals surface area (Å²) in [5, 5.41) is 21.0. The van der Waals surface area contributed by atoms with Gasteiger partial charge in [0.25, 0.3) is 0 Å². The standard InChI is InChI=1S/C38H41N5O7/c1-49-37(46)42-34(22-28-15-8-10-18-32(28)26-12-4-2-5-13-26)35(44)41-33-19-11-9-14-27(33)20-21-31-24-43(38(47)48)30(25-50-31)23-39-36(45)40-29-16-6-3-7-17-29/h2-19,30-31,34H,20-25H2,1H3,(H,41,44)(H,42,46)(H,47,48)(H2,39,40,45)/t30-,31-,34+/m1/s1. The number of carboxylic acid groups (broad SMARTS) is 1. The first-order chi connectivity index (χ1) is 24.3. The van der Waals surface area contributed by atoms with Crippen molar-refractivity contribution in [1.29, 1.82) is 0 Å². The van der Waals surface area contributed by atoms with Gasteiger partial charge in [0, 0.05) is 24.3 Å². The third kappa shape index (κ3) is 9.83. The summed E-state index contributed by atoms with van der Waals surface area (Å²) in [6.45, 7) is 0.331. The van der Waals surface area contributed by atoms with Gasteiger partial charge in [0.1, 0.15) is 6.04 Å². The normalized spacial score (nSPS) is 16.1. The van der Waals surface area contributed by atoms with Crippen molar-refractivity contribution < 1.29 is 33.8 Å². The third-order valence-electron chi connectivity index (χ3n) is 8.47. The van der Waals surface area contributed by atoms with Gasteiger partial charge in [-0.1, -0.05) is 91.0 Å². The second kappa shape index (κ2) is 17.5. The van der Waals surface area contributed by atoms with Crippen molar-refractivity contribution in [2.45, 2.75) is 37.5 Å². The Morgan fingerprint density at radius 1 is 0.860 bits per heavy atom. The molecule has 50 heavy (non-hydrogen) atoms. The van der Waals surface area contributed by atoms with Gasteiger partial charge < -0.3 is 35.8 Å². The van der Waals surface area contributed by atoms with E-state index in [9.17, 15) is 24.3 Å². The maximum Gasteiger partial charge on any atom is 0.407 e. The van der Waals surface area contributed by atoms with E-state index in [1.807, 2.05) is 72.8 Å². The molecule has 4 aromatic carbocycles. The maximum absolute atomic E-state index is 13.7. The molecule has 0 radical (unpaired) electrons. The van der Waals surface area contributed by atoms with E-state index in [0.29, 0.717) is 24.2 Å². The second-order valence-corrected chi connectivity index (χ2v) is 11.8. The van der Waals surface area contributed by atoms with Gasteiger partial charge in [0.05, 0.1) is 32.4 Å². The van der Waals surface area contributed by atoms with Crippen molar-refractivity contribution in [1.82, 2.24) is 15.5 Å². The number of nitrogens with zero attached hydrogens (tertiary/aromatic N) is 1. The molecule has 1 aliphatic rings. The Labute approximate surface area is 290 Å². The number of carbonyl (C=O) groups excluding carboxylic acids is 3. The lowest BCUT2D eigenvalue weighted by Crippen LogP contribution is -2.56. The molecule has 0 unspecified atom stereocenters. The van der Waals surface area contributed by atoms with Crippen LogP contribution in [0.15, 0.2) is 109 Å². The van der Waals surface area contributed by atoms with Gasteiger partial charge in [0.2, 0.25) is 5.91 Å². The first-order valence-electron chi connectivity index (χ1n) is 16.4. The van der Waals surface area contributed by atoms with Crippen LogP contribution in [0.1, 0.15) is 17.5 Å². The summed E-state index contributed by atoms with van der Waals surface area (Å²) in [6, 6.07) is 31.9. The fraction of sp³-hybridized carbons (Fsp3) is 0.263. The maximum atomic E-state index is 13.7. The van der Waals surface area contributed by atoms with Crippen LogP contribution in [0.4, 0.5) is 25.8 Å². The number of rotatable bonds is 12. The molecule has 5 N–H and O–H groups in total. The number of ether oxygens (including phenoxy) is 2. The van der Waals surface area contributed by atoms with Crippen LogP contribution < -0.4 is 21.3 Å². The second-order valence-electron chi connectivity index (χ2n) is 11.8. The lowest BCUT2D eigenvalue weighted by Gasteiger charge is -2.38. The minimum absolute atomic E-state index is 0.0865. The average Bonchev–Trinajstić information content (AvgIpc) is 3.14. The van der Waals surface area contributed by atoms with Crippen molar-refractivity contribution in [3.05, 3.63) is 120 Å². The number of para-hydroxylation sites is 2. The zero-order valence-electron chi connectivity index (χ0n) is 27.7. The van der Waals surface area contributed by atoms with E-state index in [-0.39, 0.29) is 26.1 Å². The number of nitrogens with one attached hydrogen (secondary N) is 4. The summed E-state index contributed by atoms with van der Waals surface area (Å²) in [5.41, 5.74) is 4.85. The number of urea groups is 1. The van der Waals surface area contributed by atoms with Crippen LogP contribution in [0.25, 0.3) is 11.1 Å². The van der Waals surface area contributed by atoms with Crippen LogP contribution in [0.2, 0.25) is 0 Å². The topological polar surface area (TPSA) is 158 Å². The minimum atomic E-state index is -1.10. The van der Waals surface area contributed by atoms with Gasteiger partial charge in [-0.2, -0.15) is 0 Å².